The molecular formula is C12H18N2O3S. The molecule has 6 heteroatoms. The molecule has 1 heterocycles. The van der Waals surface area contributed by atoms with E-state index in [-0.39, 0.29) is 23.1 Å². The van der Waals surface area contributed by atoms with Gasteiger partial charge in [-0.25, -0.2) is 4.79 Å². The molecule has 0 aromatic carbocycles. The molecule has 0 bridgehead atoms. The van der Waals surface area contributed by atoms with E-state index in [4.69, 9.17) is 9.84 Å². The molecule has 5 nitrogen and oxygen atoms in total. The molecule has 2 N–H and O–H groups in total. The molecular weight excluding hydrogens is 252 g/mol. The number of carboxylic acids is 1. The smallest absolute Gasteiger partial charge is 0.340 e. The number of nitrogens with one attached hydrogen (secondary N) is 1. The molecule has 0 spiro atoms. The number of hydrogen-bond acceptors (Lipinski definition) is 5. The Bertz CT molecular complexity index is 470. The van der Waals surface area contributed by atoms with E-state index in [1.807, 2.05) is 0 Å². The van der Waals surface area contributed by atoms with Gasteiger partial charge in [0.05, 0.1) is 11.8 Å². The first-order valence-electron chi connectivity index (χ1n) is 5.86. The minimum Gasteiger partial charge on any atom is -0.478 e. The van der Waals surface area contributed by atoms with Crippen molar-refractivity contribution in [2.45, 2.75) is 39.3 Å². The maximum atomic E-state index is 11.2. The van der Waals surface area contributed by atoms with Crippen LogP contribution in [-0.4, -0.2) is 34.7 Å². The first kappa shape index (κ1) is 13.3. The Labute approximate surface area is 110 Å². The Morgan fingerprint density at radius 2 is 2.28 bits per heavy atom. The Morgan fingerprint density at radius 1 is 1.61 bits per heavy atom. The van der Waals surface area contributed by atoms with Crippen molar-refractivity contribution in [3.8, 4) is 0 Å². The van der Waals surface area contributed by atoms with Crippen molar-refractivity contribution in [1.29, 1.82) is 0 Å². The summed E-state index contributed by atoms with van der Waals surface area (Å²) in [4.78, 5) is 11.2. The molecule has 0 saturated heterocycles. The van der Waals surface area contributed by atoms with Crippen LogP contribution in [0.25, 0.3) is 0 Å². The zero-order valence-electron chi connectivity index (χ0n) is 11.0. The zero-order valence-corrected chi connectivity index (χ0v) is 11.8. The van der Waals surface area contributed by atoms with Gasteiger partial charge in [-0.15, -0.1) is 0 Å². The van der Waals surface area contributed by atoms with Gasteiger partial charge in [-0.1, -0.05) is 13.8 Å². The van der Waals surface area contributed by atoms with E-state index in [0.29, 0.717) is 10.7 Å². The number of carboxylic acid groups (broad SMARTS) is 1. The second-order valence-corrected chi connectivity index (χ2v) is 6.03. The lowest BCUT2D eigenvalue weighted by Gasteiger charge is -2.51. The lowest BCUT2D eigenvalue weighted by Crippen LogP contribution is -2.57. The van der Waals surface area contributed by atoms with Crippen molar-refractivity contribution >= 4 is 22.5 Å². The summed E-state index contributed by atoms with van der Waals surface area (Å²) in [6, 6.07) is 0.223. The van der Waals surface area contributed by atoms with Gasteiger partial charge in [-0.3, -0.25) is 0 Å². The Morgan fingerprint density at radius 3 is 2.78 bits per heavy atom. The lowest BCUT2D eigenvalue weighted by atomic mass is 9.64. The van der Waals surface area contributed by atoms with E-state index in [0.717, 1.165) is 6.42 Å². The highest BCUT2D eigenvalue weighted by molar-refractivity contribution is 7.10. The Balaban J connectivity index is 2.15. The molecule has 1 aliphatic rings. The third-order valence-electron chi connectivity index (χ3n) is 3.84. The molecule has 2 atom stereocenters. The number of carbonyl (C=O) groups is 1. The summed E-state index contributed by atoms with van der Waals surface area (Å²) in [5.41, 5.74) is 0.856. The van der Waals surface area contributed by atoms with Crippen LogP contribution in [0, 0.1) is 12.3 Å². The Hall–Kier alpha value is -1.14. The largest absolute Gasteiger partial charge is 0.478 e. The molecule has 0 aliphatic heterocycles. The van der Waals surface area contributed by atoms with E-state index >= 15 is 0 Å². The Kier molecular flexibility index (Phi) is 3.33. The molecule has 0 amide bonds. The van der Waals surface area contributed by atoms with Gasteiger partial charge >= 0.3 is 5.97 Å². The normalized spacial score (nSPS) is 25.6. The van der Waals surface area contributed by atoms with Crippen molar-refractivity contribution in [3.05, 3.63) is 11.3 Å². The number of ether oxygens (including phenoxy) is 1. The first-order chi connectivity index (χ1) is 8.37. The molecule has 1 aromatic heterocycles. The van der Waals surface area contributed by atoms with Gasteiger partial charge in [0.25, 0.3) is 0 Å². The second kappa shape index (κ2) is 4.51. The maximum absolute atomic E-state index is 11.2. The summed E-state index contributed by atoms with van der Waals surface area (Å²) in [5.74, 6) is -0.927. The van der Waals surface area contributed by atoms with Crippen molar-refractivity contribution in [1.82, 2.24) is 4.37 Å². The van der Waals surface area contributed by atoms with Gasteiger partial charge < -0.3 is 15.2 Å². The number of hydrogen-bond donors (Lipinski definition) is 2. The van der Waals surface area contributed by atoms with Crippen LogP contribution >= 0.6 is 11.5 Å². The van der Waals surface area contributed by atoms with Gasteiger partial charge in [0.1, 0.15) is 10.6 Å². The standard InChI is InChI=1S/C12H18N2O3S/c1-6-9(11(15)16)10(18-14-6)13-7-5-8(17-4)12(7,2)3/h7-8,13H,5H2,1-4H3,(H,15,16). The summed E-state index contributed by atoms with van der Waals surface area (Å²) < 4.78 is 9.49. The average molecular weight is 270 g/mol. The number of anilines is 1. The van der Waals surface area contributed by atoms with Crippen LogP contribution < -0.4 is 5.32 Å². The van der Waals surface area contributed by atoms with Crippen LogP contribution in [-0.2, 0) is 4.74 Å². The zero-order chi connectivity index (χ0) is 13.5. The minimum absolute atomic E-state index is 0.00240. The first-order valence-corrected chi connectivity index (χ1v) is 6.64. The van der Waals surface area contributed by atoms with Crippen LogP contribution in [0.15, 0.2) is 0 Å². The number of nitrogens with zero attached hydrogens (tertiary/aromatic N) is 1. The predicted octanol–water partition coefficient (Wildman–Crippen LogP) is 2.38. The third-order valence-corrected chi connectivity index (χ3v) is 4.71. The minimum atomic E-state index is -0.927. The number of methoxy groups -OCH3 is 1. The highest BCUT2D eigenvalue weighted by atomic mass is 32.1. The SMILES string of the molecule is COC1CC(Nc2snc(C)c2C(=O)O)C1(C)C. The quantitative estimate of drug-likeness (QED) is 0.879. The predicted molar refractivity (Wildman–Crippen MR) is 70.4 cm³/mol. The van der Waals surface area contributed by atoms with E-state index < -0.39 is 5.97 Å². The summed E-state index contributed by atoms with van der Waals surface area (Å²) in [5, 5.41) is 13.1. The van der Waals surface area contributed by atoms with Crippen LogP contribution in [0.5, 0.6) is 0 Å². The van der Waals surface area contributed by atoms with Crippen molar-refractivity contribution in [3.63, 3.8) is 0 Å². The summed E-state index contributed by atoms with van der Waals surface area (Å²) in [7, 11) is 1.71. The van der Waals surface area contributed by atoms with Gasteiger partial charge in [0.15, 0.2) is 0 Å². The highest BCUT2D eigenvalue weighted by Gasteiger charge is 2.49. The van der Waals surface area contributed by atoms with E-state index in [2.05, 4.69) is 23.5 Å². The summed E-state index contributed by atoms with van der Waals surface area (Å²) in [6.07, 6.45) is 1.11. The van der Waals surface area contributed by atoms with Crippen LogP contribution in [0.3, 0.4) is 0 Å². The second-order valence-electron chi connectivity index (χ2n) is 5.26. The maximum Gasteiger partial charge on any atom is 0.340 e. The van der Waals surface area contributed by atoms with Gasteiger partial charge in [-0.2, -0.15) is 4.37 Å². The van der Waals surface area contributed by atoms with Crippen molar-refractivity contribution in [2.24, 2.45) is 5.41 Å². The average Bonchev–Trinajstić information content (AvgIpc) is 2.65. The van der Waals surface area contributed by atoms with Crippen LogP contribution in [0.1, 0.15) is 36.3 Å². The molecule has 100 valence electrons. The van der Waals surface area contributed by atoms with Crippen molar-refractivity contribution < 1.29 is 14.6 Å². The van der Waals surface area contributed by atoms with Gasteiger partial charge in [0.2, 0.25) is 0 Å². The van der Waals surface area contributed by atoms with Crippen LogP contribution in [0.4, 0.5) is 5.00 Å². The number of rotatable bonds is 4. The number of aryl methyl sites for hydroxylation is 1. The lowest BCUT2D eigenvalue weighted by molar-refractivity contribution is -0.0793. The fourth-order valence-corrected chi connectivity index (χ4v) is 3.25. The monoisotopic (exact) mass is 270 g/mol. The molecule has 1 fully saturated rings. The fraction of sp³-hybridized carbons (Fsp3) is 0.667. The van der Waals surface area contributed by atoms with Crippen LogP contribution in [0.2, 0.25) is 0 Å². The molecule has 2 unspecified atom stereocenters. The van der Waals surface area contributed by atoms with E-state index in [1.54, 1.807) is 14.0 Å². The van der Waals surface area contributed by atoms with Crippen molar-refractivity contribution in [2.75, 3.05) is 12.4 Å². The molecule has 2 rings (SSSR count). The van der Waals surface area contributed by atoms with Gasteiger partial charge in [-0.05, 0) is 24.9 Å². The fourth-order valence-electron chi connectivity index (χ4n) is 2.41. The number of aromatic carboxylic acids is 1. The molecule has 0 radical (unpaired) electrons. The van der Waals surface area contributed by atoms with E-state index in [1.165, 1.54) is 11.5 Å². The summed E-state index contributed by atoms with van der Waals surface area (Å²) >= 11 is 1.21. The third kappa shape index (κ3) is 1.99. The molecule has 1 aromatic rings. The summed E-state index contributed by atoms with van der Waals surface area (Å²) in [6.45, 7) is 5.96. The number of aromatic nitrogens is 1. The highest BCUT2D eigenvalue weighted by Crippen LogP contribution is 2.44. The van der Waals surface area contributed by atoms with Gasteiger partial charge in [0, 0.05) is 18.6 Å². The molecule has 1 aliphatic carbocycles. The molecule has 18 heavy (non-hydrogen) atoms. The molecule has 1 saturated carbocycles. The van der Waals surface area contributed by atoms with E-state index in [9.17, 15) is 4.79 Å². The topological polar surface area (TPSA) is 71.5 Å².